The molecule has 2 unspecified atom stereocenters. The predicted molar refractivity (Wildman–Crippen MR) is 69.5 cm³/mol. The van der Waals surface area contributed by atoms with Crippen LogP contribution in [0.15, 0.2) is 28.7 Å². The zero-order valence-corrected chi connectivity index (χ0v) is 11.6. The van der Waals surface area contributed by atoms with Gasteiger partial charge in [-0.3, -0.25) is 0 Å². The molecule has 1 fully saturated rings. The average molecular weight is 334 g/mol. The summed E-state index contributed by atoms with van der Waals surface area (Å²) in [5.74, 6) is 0.670. The monoisotopic (exact) mass is 332 g/mol. The smallest absolute Gasteiger partial charge is 0.0505 e. The van der Waals surface area contributed by atoms with E-state index >= 15 is 0 Å². The van der Waals surface area contributed by atoms with Crippen molar-refractivity contribution in [3.63, 3.8) is 0 Å². The molecule has 0 N–H and O–H groups in total. The lowest BCUT2D eigenvalue weighted by molar-refractivity contribution is 0.185. The fourth-order valence-corrected chi connectivity index (χ4v) is 3.13. The van der Waals surface area contributed by atoms with Gasteiger partial charge in [-0.2, -0.15) is 0 Å². The van der Waals surface area contributed by atoms with Crippen LogP contribution in [0.5, 0.6) is 0 Å². The molecule has 0 amide bonds. The summed E-state index contributed by atoms with van der Waals surface area (Å²) in [7, 11) is 0. The zero-order chi connectivity index (χ0) is 10.7. The maximum absolute atomic E-state index is 5.40. The highest BCUT2D eigenvalue weighted by atomic mass is 79.9. The summed E-state index contributed by atoms with van der Waals surface area (Å²) in [6, 6.07) is 8.51. The van der Waals surface area contributed by atoms with Crippen molar-refractivity contribution >= 4 is 31.9 Å². The minimum absolute atomic E-state index is 0.536. The summed E-state index contributed by atoms with van der Waals surface area (Å²) >= 11 is 7.27. The van der Waals surface area contributed by atoms with Gasteiger partial charge >= 0.3 is 0 Å². The Labute approximate surface area is 107 Å². The Kier molecular flexibility index (Phi) is 4.23. The Bertz CT molecular complexity index is 321. The lowest BCUT2D eigenvalue weighted by Crippen LogP contribution is -2.16. The first-order valence-corrected chi connectivity index (χ1v) is 6.93. The van der Waals surface area contributed by atoms with E-state index in [-0.39, 0.29) is 0 Å². The van der Waals surface area contributed by atoms with Crippen molar-refractivity contribution in [3.05, 3.63) is 34.3 Å². The highest BCUT2D eigenvalue weighted by Crippen LogP contribution is 2.26. The molecule has 1 nitrogen and oxygen atoms in total. The van der Waals surface area contributed by atoms with Crippen LogP contribution in [-0.4, -0.2) is 18.0 Å². The summed E-state index contributed by atoms with van der Waals surface area (Å²) in [4.78, 5) is 0.536. The van der Waals surface area contributed by atoms with E-state index in [9.17, 15) is 0 Å². The fourth-order valence-electron chi connectivity index (χ4n) is 1.89. The van der Waals surface area contributed by atoms with Crippen LogP contribution in [0.1, 0.15) is 12.0 Å². The molecule has 0 radical (unpaired) electrons. The first-order valence-electron chi connectivity index (χ1n) is 5.22. The average Bonchev–Trinajstić information content (AvgIpc) is 2.70. The van der Waals surface area contributed by atoms with E-state index in [4.69, 9.17) is 4.74 Å². The van der Waals surface area contributed by atoms with Gasteiger partial charge in [-0.05, 0) is 36.5 Å². The van der Waals surface area contributed by atoms with Crippen molar-refractivity contribution in [1.82, 2.24) is 0 Å². The summed E-state index contributed by atoms with van der Waals surface area (Å²) in [5.41, 5.74) is 1.37. The van der Waals surface area contributed by atoms with Gasteiger partial charge in [0, 0.05) is 15.9 Å². The molecule has 1 saturated heterocycles. The van der Waals surface area contributed by atoms with Gasteiger partial charge in [0.2, 0.25) is 0 Å². The molecule has 0 bridgehead atoms. The minimum Gasteiger partial charge on any atom is -0.381 e. The summed E-state index contributed by atoms with van der Waals surface area (Å²) in [6.07, 6.45) is 2.26. The van der Waals surface area contributed by atoms with Crippen LogP contribution in [0, 0.1) is 5.92 Å². The second kappa shape index (κ2) is 5.46. The van der Waals surface area contributed by atoms with Crippen LogP contribution in [0.2, 0.25) is 0 Å². The van der Waals surface area contributed by atoms with Crippen molar-refractivity contribution in [3.8, 4) is 0 Å². The number of alkyl halides is 1. The summed E-state index contributed by atoms with van der Waals surface area (Å²) < 4.78 is 6.56. The number of hydrogen-bond acceptors (Lipinski definition) is 1. The number of benzene rings is 1. The van der Waals surface area contributed by atoms with Crippen LogP contribution in [0.4, 0.5) is 0 Å². The first-order chi connectivity index (χ1) is 7.25. The number of ether oxygens (including phenoxy) is 1. The van der Waals surface area contributed by atoms with Gasteiger partial charge < -0.3 is 4.74 Å². The van der Waals surface area contributed by atoms with Crippen molar-refractivity contribution in [2.75, 3.05) is 13.2 Å². The molecule has 1 aliphatic rings. The third kappa shape index (κ3) is 3.30. The SMILES string of the molecule is Brc1cccc(CC(Br)C2CCOC2)c1. The zero-order valence-electron chi connectivity index (χ0n) is 8.46. The molecule has 3 heteroatoms. The molecule has 2 atom stereocenters. The Morgan fingerprint density at radius 2 is 2.33 bits per heavy atom. The van der Waals surface area contributed by atoms with Gasteiger partial charge in [0.15, 0.2) is 0 Å². The lowest BCUT2D eigenvalue weighted by atomic mass is 9.99. The summed E-state index contributed by atoms with van der Waals surface area (Å²) in [5, 5.41) is 0. The van der Waals surface area contributed by atoms with Gasteiger partial charge in [0.25, 0.3) is 0 Å². The highest BCUT2D eigenvalue weighted by Gasteiger charge is 2.23. The van der Waals surface area contributed by atoms with Gasteiger partial charge in [-0.25, -0.2) is 0 Å². The molecule has 1 aromatic rings. The number of hydrogen-bond donors (Lipinski definition) is 0. The molecule has 1 aliphatic heterocycles. The van der Waals surface area contributed by atoms with E-state index in [1.807, 2.05) is 0 Å². The van der Waals surface area contributed by atoms with E-state index < -0.39 is 0 Å². The topological polar surface area (TPSA) is 9.23 Å². The fraction of sp³-hybridized carbons (Fsp3) is 0.500. The van der Waals surface area contributed by atoms with Crippen molar-refractivity contribution in [2.45, 2.75) is 17.7 Å². The minimum atomic E-state index is 0.536. The second-order valence-corrected chi connectivity index (χ2v) is 6.07. The van der Waals surface area contributed by atoms with Gasteiger partial charge in [-0.15, -0.1) is 0 Å². The van der Waals surface area contributed by atoms with Crippen LogP contribution in [0.3, 0.4) is 0 Å². The Balaban J connectivity index is 1.95. The molecule has 0 aliphatic carbocycles. The van der Waals surface area contributed by atoms with E-state index in [0.29, 0.717) is 10.7 Å². The maximum Gasteiger partial charge on any atom is 0.0505 e. The Morgan fingerprint density at radius 1 is 1.47 bits per heavy atom. The molecule has 2 rings (SSSR count). The second-order valence-electron chi connectivity index (χ2n) is 3.97. The summed E-state index contributed by atoms with van der Waals surface area (Å²) in [6.45, 7) is 1.83. The molecule has 0 saturated carbocycles. The largest absolute Gasteiger partial charge is 0.381 e. The Hall–Kier alpha value is 0.140. The van der Waals surface area contributed by atoms with Crippen LogP contribution >= 0.6 is 31.9 Å². The predicted octanol–water partition coefficient (Wildman–Crippen LogP) is 3.79. The standard InChI is InChI=1S/C12H14Br2O/c13-11-3-1-2-9(6-11)7-12(14)10-4-5-15-8-10/h1-3,6,10,12H,4-5,7-8H2. The van der Waals surface area contributed by atoms with E-state index in [1.165, 1.54) is 12.0 Å². The van der Waals surface area contributed by atoms with Crippen molar-refractivity contribution < 1.29 is 4.74 Å². The molecule has 15 heavy (non-hydrogen) atoms. The Morgan fingerprint density at radius 3 is 3.00 bits per heavy atom. The molecular weight excluding hydrogens is 320 g/mol. The molecular formula is C12H14Br2O. The van der Waals surface area contributed by atoms with Crippen molar-refractivity contribution in [1.29, 1.82) is 0 Å². The first kappa shape index (κ1) is 11.6. The highest BCUT2D eigenvalue weighted by molar-refractivity contribution is 9.10. The lowest BCUT2D eigenvalue weighted by Gasteiger charge is -2.15. The van der Waals surface area contributed by atoms with Crippen LogP contribution < -0.4 is 0 Å². The molecule has 1 heterocycles. The van der Waals surface area contributed by atoms with Crippen LogP contribution in [-0.2, 0) is 11.2 Å². The number of rotatable bonds is 3. The molecule has 0 spiro atoms. The third-order valence-corrected chi connectivity index (χ3v) is 4.36. The van der Waals surface area contributed by atoms with E-state index in [0.717, 1.165) is 24.1 Å². The molecule has 1 aromatic carbocycles. The maximum atomic E-state index is 5.40. The van der Waals surface area contributed by atoms with Gasteiger partial charge in [0.1, 0.15) is 0 Å². The molecule has 82 valence electrons. The third-order valence-electron chi connectivity index (χ3n) is 2.80. The normalized spacial score (nSPS) is 22.9. The van der Waals surface area contributed by atoms with Crippen LogP contribution in [0.25, 0.3) is 0 Å². The van der Waals surface area contributed by atoms with E-state index in [2.05, 4.69) is 56.1 Å². The van der Waals surface area contributed by atoms with Gasteiger partial charge in [-0.1, -0.05) is 44.0 Å². The van der Waals surface area contributed by atoms with Gasteiger partial charge in [0.05, 0.1) is 6.61 Å². The number of halogens is 2. The van der Waals surface area contributed by atoms with E-state index in [1.54, 1.807) is 0 Å². The molecule has 0 aromatic heterocycles. The quantitative estimate of drug-likeness (QED) is 0.765. The van der Waals surface area contributed by atoms with Crippen molar-refractivity contribution in [2.24, 2.45) is 5.92 Å².